The monoisotopic (exact) mass is 1730 g/mol. The van der Waals surface area contributed by atoms with Gasteiger partial charge >= 0.3 is 0 Å². The average molecular weight is 1730 g/mol. The van der Waals surface area contributed by atoms with E-state index in [2.05, 4.69) is 463 Å². The van der Waals surface area contributed by atoms with E-state index in [0.29, 0.717) is 5.95 Å². The average Bonchev–Trinajstić information content (AvgIpc) is 1.55. The van der Waals surface area contributed by atoms with Crippen LogP contribution >= 0.6 is 0 Å². The Bertz CT molecular complexity index is 10500. The van der Waals surface area contributed by atoms with Crippen molar-refractivity contribution in [2.45, 2.75) is 0 Å². The maximum Gasteiger partial charge on any atom is 0.235 e. The second kappa shape index (κ2) is 28.2. The summed E-state index contributed by atoms with van der Waals surface area (Å²) in [6.07, 6.45) is 0. The summed E-state index contributed by atoms with van der Waals surface area (Å²) in [7, 11) is 0. The molecule has 0 atom stereocenters. The van der Waals surface area contributed by atoms with Gasteiger partial charge in [0.25, 0.3) is 0 Å². The normalized spacial score (nSPS) is 12.4. The molecule has 5 nitrogen and oxygen atoms in total. The van der Waals surface area contributed by atoms with Crippen LogP contribution in [0.15, 0.2) is 455 Å². The van der Waals surface area contributed by atoms with Gasteiger partial charge < -0.3 is 9.13 Å². The summed E-state index contributed by atoms with van der Waals surface area (Å²) in [5, 5.41) is 34.6. The smallest absolute Gasteiger partial charge is 0.235 e. The molecule has 4 aliphatic carbocycles. The molecule has 0 fully saturated rings. The van der Waals surface area contributed by atoms with Gasteiger partial charge in [-0.3, -0.25) is 4.57 Å². The van der Waals surface area contributed by atoms with Gasteiger partial charge in [0.2, 0.25) is 5.95 Å². The molecule has 0 unspecified atom stereocenters. The van der Waals surface area contributed by atoms with E-state index >= 15 is 0 Å². The summed E-state index contributed by atoms with van der Waals surface area (Å²) in [5.74, 6) is 0.684. The van der Waals surface area contributed by atoms with Crippen molar-refractivity contribution in [2.24, 2.45) is 0 Å². The Morgan fingerprint density at radius 1 is 0.146 bits per heavy atom. The van der Waals surface area contributed by atoms with Crippen LogP contribution in [0.2, 0.25) is 0 Å². The molecule has 33 rings (SSSR count). The van der Waals surface area contributed by atoms with Crippen LogP contribution in [-0.4, -0.2) is 23.7 Å². The zero-order valence-electron chi connectivity index (χ0n) is 74.0. The maximum absolute atomic E-state index is 5.35. The fourth-order valence-electron chi connectivity index (χ4n) is 25.1. The lowest BCUT2D eigenvalue weighted by Crippen LogP contribution is -2.03. The molecule has 137 heavy (non-hydrogen) atoms. The highest BCUT2D eigenvalue weighted by Crippen LogP contribution is 2.58. The second-order valence-electron chi connectivity index (χ2n) is 37.4. The molecule has 29 aromatic rings. The molecule has 0 bridgehead atoms. The first kappa shape index (κ1) is 74.5. The molecule has 0 saturated heterocycles. The predicted octanol–water partition coefficient (Wildman–Crippen LogP) is 35.7. The Kier molecular flexibility index (Phi) is 15.3. The van der Waals surface area contributed by atoms with E-state index in [-0.39, 0.29) is 0 Å². The van der Waals surface area contributed by atoms with E-state index < -0.39 is 0 Å². The Labute approximate surface area is 785 Å². The highest BCUT2D eigenvalue weighted by molar-refractivity contribution is 6.36. The number of para-hydroxylation sites is 1. The maximum atomic E-state index is 5.35. The number of hydrogen-bond donors (Lipinski definition) is 0. The molecule has 4 aliphatic rings. The lowest BCUT2D eigenvalue weighted by molar-refractivity contribution is 1.02. The Hall–Kier alpha value is -18.2. The quantitative estimate of drug-likeness (QED) is 0.161. The van der Waals surface area contributed by atoms with Crippen molar-refractivity contribution >= 4 is 184 Å². The zero-order chi connectivity index (χ0) is 89.1. The number of aromatic nitrogens is 5. The first-order valence-electron chi connectivity index (χ1n) is 47.5. The number of fused-ring (bicyclic) bond motifs is 37. The largest absolute Gasteiger partial charge is 0.309 e. The van der Waals surface area contributed by atoms with Crippen LogP contribution in [0.25, 0.3) is 313 Å². The van der Waals surface area contributed by atoms with Crippen molar-refractivity contribution < 1.29 is 0 Å². The lowest BCUT2D eigenvalue weighted by atomic mass is 9.94. The summed E-state index contributed by atoms with van der Waals surface area (Å²) < 4.78 is 7.37. The van der Waals surface area contributed by atoms with Crippen molar-refractivity contribution in [3.05, 3.63) is 455 Å². The van der Waals surface area contributed by atoms with E-state index in [1.807, 2.05) is 6.07 Å². The number of nitrogens with zero attached hydrogens (tertiary/aromatic N) is 5. The van der Waals surface area contributed by atoms with Crippen LogP contribution in [-0.2, 0) is 0 Å². The van der Waals surface area contributed by atoms with Crippen molar-refractivity contribution in [1.82, 2.24) is 23.7 Å². The molecular formula is C132H75N5. The van der Waals surface area contributed by atoms with Gasteiger partial charge in [-0.2, -0.15) is 0 Å². The van der Waals surface area contributed by atoms with Gasteiger partial charge in [-0.1, -0.05) is 388 Å². The Morgan fingerprint density at radius 3 is 0.920 bits per heavy atom. The summed E-state index contributed by atoms with van der Waals surface area (Å²) in [6, 6.07) is 167. The van der Waals surface area contributed by atoms with E-state index in [4.69, 9.17) is 9.97 Å². The first-order valence-corrected chi connectivity index (χ1v) is 47.5. The van der Waals surface area contributed by atoms with Gasteiger partial charge in [0.15, 0.2) is 0 Å². The minimum absolute atomic E-state index is 0.684. The van der Waals surface area contributed by atoms with E-state index in [9.17, 15) is 0 Å². The number of rotatable bonds is 5. The molecule has 0 N–H and O–H groups in total. The molecule has 0 spiro atoms. The van der Waals surface area contributed by atoms with Gasteiger partial charge in [-0.25, -0.2) is 9.97 Å². The van der Waals surface area contributed by atoms with Crippen LogP contribution in [0.5, 0.6) is 0 Å². The summed E-state index contributed by atoms with van der Waals surface area (Å²) in [6.45, 7) is 0. The fraction of sp³-hybridized carbons (Fsp3) is 0. The molecular weight excluding hydrogens is 1660 g/mol. The molecule has 0 amide bonds. The predicted molar refractivity (Wildman–Crippen MR) is 579 cm³/mol. The summed E-state index contributed by atoms with van der Waals surface area (Å²) in [5.41, 5.74) is 36.2. The van der Waals surface area contributed by atoms with Crippen molar-refractivity contribution in [2.75, 3.05) is 0 Å². The fourth-order valence-corrected chi connectivity index (χ4v) is 25.1. The van der Waals surface area contributed by atoms with Crippen LogP contribution < -0.4 is 0 Å². The third-order valence-corrected chi connectivity index (χ3v) is 30.6. The van der Waals surface area contributed by atoms with Gasteiger partial charge in [0.05, 0.1) is 44.3 Å². The Morgan fingerprint density at radius 2 is 0.460 bits per heavy atom. The molecule has 0 radical (unpaired) electrons. The van der Waals surface area contributed by atoms with E-state index in [1.165, 1.54) is 274 Å². The molecule has 0 aliphatic heterocycles. The van der Waals surface area contributed by atoms with Gasteiger partial charge in [0.1, 0.15) is 0 Å². The molecule has 0 saturated carbocycles. The molecule has 5 heteroatoms. The summed E-state index contributed by atoms with van der Waals surface area (Å²) >= 11 is 0. The minimum atomic E-state index is 0.684. The van der Waals surface area contributed by atoms with Crippen molar-refractivity contribution in [1.29, 1.82) is 0 Å². The Balaban J connectivity index is 0.0000000957. The topological polar surface area (TPSA) is 40.6 Å². The van der Waals surface area contributed by atoms with Crippen molar-refractivity contribution in [3.63, 3.8) is 0 Å². The van der Waals surface area contributed by atoms with Gasteiger partial charge in [-0.05, 0) is 258 Å². The third-order valence-electron chi connectivity index (χ3n) is 30.6. The SMILES string of the molecule is c1cc(-c2ccc3c4c(cccc24)-c2ccccc2-3)cc(-n2c3ccc4ccccc4c3c3cc4c5c(cccc5c32)-c2ccccc2-4)c1.c1ccc(-c2nc(-n3c4ccc5ccccc5c4c4cc5c6c(cccc6c43)-c3ccccc3-5)nc3ccccc23)cc1.c1ccc2c(c1)-c1cccc3c1c-2cc1c2c4ccccc4ccc2n(-c2ccc4c5ccccc5c5ccccc5c4c2)c31. The standard InChI is InChI=1S/C48H27N.C44H25N.C40H23N3/c1-2-13-32-28(10-1)22-25-44-47(32)43-27-42-36-17-6-5-16-35(36)39-20-9-21-41(46(39)42)48(43)49(44)30-12-7-11-29(26-30)31-23-24-40-34-15-4-3-14-33(34)38-19-8-18-37(31)45(38)40;1-2-11-28-26(10-1)20-23-41-43(28)40-25-39-34-17-8-6-15-32(34)36-18-9-19-37(42(36)39)44(40)45(41)27-21-22-35-31-14-4-3-12-29(31)30-13-5-7-16-33(30)38(35)24-27;1-2-12-25(13-3-1)38-30-17-8-9-20-34(30)41-40(42-38)43-35-22-21-24-11-4-5-14-26(24)37(35)33-23-32-28-16-7-6-15-27(28)29-18-10-19-31(36(29)32)39(33)43/h1-27H;1-25H;1-23H. The highest BCUT2D eigenvalue weighted by atomic mass is 15.2. The minimum Gasteiger partial charge on any atom is -0.309 e. The number of benzene rings is 25. The van der Waals surface area contributed by atoms with E-state index in [0.717, 1.165) is 33.2 Å². The highest BCUT2D eigenvalue weighted by Gasteiger charge is 2.33. The van der Waals surface area contributed by atoms with Crippen LogP contribution in [0.1, 0.15) is 0 Å². The van der Waals surface area contributed by atoms with Crippen LogP contribution in [0.4, 0.5) is 0 Å². The van der Waals surface area contributed by atoms with Crippen LogP contribution in [0, 0.1) is 0 Å². The molecule has 628 valence electrons. The lowest BCUT2D eigenvalue weighted by Gasteiger charge is -2.15. The van der Waals surface area contributed by atoms with Crippen LogP contribution in [0.3, 0.4) is 0 Å². The summed E-state index contributed by atoms with van der Waals surface area (Å²) in [4.78, 5) is 10.6. The van der Waals surface area contributed by atoms with Gasteiger partial charge in [-0.15, -0.1) is 0 Å². The van der Waals surface area contributed by atoms with Gasteiger partial charge in [0, 0.05) is 70.8 Å². The zero-order valence-corrected chi connectivity index (χ0v) is 74.0. The number of hydrogen-bond acceptors (Lipinski definition) is 2. The molecule has 4 heterocycles. The first-order chi connectivity index (χ1) is 68.0. The molecule has 4 aromatic heterocycles. The molecule has 25 aromatic carbocycles. The second-order valence-corrected chi connectivity index (χ2v) is 37.4. The third kappa shape index (κ3) is 10.4. The van der Waals surface area contributed by atoms with Crippen molar-refractivity contribution in [3.8, 4) is 129 Å². The van der Waals surface area contributed by atoms with E-state index in [1.54, 1.807) is 0 Å².